The number of pyridine rings is 1. The number of rotatable bonds is 6. The van der Waals surface area contributed by atoms with Gasteiger partial charge in [0.05, 0.1) is 18.4 Å². The van der Waals surface area contributed by atoms with Crippen molar-refractivity contribution in [3.05, 3.63) is 42.2 Å². The second-order valence-electron chi connectivity index (χ2n) is 4.84. The minimum atomic E-state index is -3.95. The molecule has 1 aliphatic rings. The fraction of sp³-hybridized carbons (Fsp3) is 0.308. The fourth-order valence-electron chi connectivity index (χ4n) is 1.78. The van der Waals surface area contributed by atoms with Crippen LogP contribution in [0.4, 0.5) is 10.1 Å². The number of nitrogens with one attached hydrogen (secondary N) is 2. The Balaban J connectivity index is 1.73. The smallest absolute Gasteiger partial charge is 0.295 e. The molecule has 1 fully saturated rings. The van der Waals surface area contributed by atoms with Crippen LogP contribution in [0.1, 0.15) is 18.6 Å². The van der Waals surface area contributed by atoms with Crippen LogP contribution in [0.15, 0.2) is 40.1 Å². The Bertz CT molecular complexity index is 741. The number of anilines is 1. The van der Waals surface area contributed by atoms with Crippen LogP contribution in [-0.4, -0.2) is 19.4 Å². The highest BCUT2D eigenvalue weighted by Gasteiger charge is 2.23. The van der Waals surface area contributed by atoms with E-state index < -0.39 is 15.8 Å². The van der Waals surface area contributed by atoms with E-state index in [9.17, 15) is 12.8 Å². The molecule has 6 nitrogen and oxygen atoms in total. The summed E-state index contributed by atoms with van der Waals surface area (Å²) in [6.45, 7) is 0.476. The molecule has 1 aliphatic carbocycles. The van der Waals surface area contributed by atoms with E-state index in [1.54, 1.807) is 6.07 Å². The number of aromatic nitrogens is 1. The van der Waals surface area contributed by atoms with Crippen molar-refractivity contribution >= 4 is 15.7 Å². The Morgan fingerprint density at radius 3 is 2.86 bits per heavy atom. The second-order valence-corrected chi connectivity index (χ2v) is 6.45. The third-order valence-electron chi connectivity index (χ3n) is 3.06. The number of halogens is 1. The van der Waals surface area contributed by atoms with Gasteiger partial charge in [0.25, 0.3) is 10.0 Å². The van der Waals surface area contributed by atoms with Crippen molar-refractivity contribution in [2.75, 3.05) is 4.72 Å². The van der Waals surface area contributed by atoms with Gasteiger partial charge in [-0.3, -0.25) is 9.71 Å². The highest BCUT2D eigenvalue weighted by atomic mass is 32.2. The zero-order valence-corrected chi connectivity index (χ0v) is 11.9. The van der Waals surface area contributed by atoms with Crippen LogP contribution in [0, 0.1) is 5.82 Å². The number of furan rings is 1. The lowest BCUT2D eigenvalue weighted by molar-refractivity contribution is 0.403. The van der Waals surface area contributed by atoms with Gasteiger partial charge in [-0.1, -0.05) is 0 Å². The summed E-state index contributed by atoms with van der Waals surface area (Å²) in [7, 11) is -3.95. The molecule has 0 bridgehead atoms. The zero-order valence-electron chi connectivity index (χ0n) is 11.0. The lowest BCUT2D eigenvalue weighted by Gasteiger charge is -2.06. The molecule has 2 aromatic heterocycles. The summed E-state index contributed by atoms with van der Waals surface area (Å²) in [5.74, 6) is -0.222. The predicted octanol–water partition coefficient (Wildman–Crippen LogP) is 1.87. The lowest BCUT2D eigenvalue weighted by atomic mass is 10.4. The summed E-state index contributed by atoms with van der Waals surface area (Å²) in [6.07, 6.45) is 4.50. The van der Waals surface area contributed by atoms with Crippen molar-refractivity contribution in [3.63, 3.8) is 0 Å². The van der Waals surface area contributed by atoms with E-state index in [2.05, 4.69) is 15.0 Å². The Hall–Kier alpha value is -1.93. The van der Waals surface area contributed by atoms with E-state index in [1.165, 1.54) is 18.3 Å². The fourth-order valence-corrected chi connectivity index (χ4v) is 2.80. The zero-order chi connectivity index (χ0) is 14.9. The normalized spacial score (nSPS) is 15.1. The molecule has 0 amide bonds. The Labute approximate surface area is 121 Å². The van der Waals surface area contributed by atoms with E-state index in [4.69, 9.17) is 4.42 Å². The van der Waals surface area contributed by atoms with Gasteiger partial charge in [0.15, 0.2) is 5.82 Å². The molecular weight excluding hydrogens is 297 g/mol. The molecule has 1 saturated carbocycles. The van der Waals surface area contributed by atoms with E-state index in [-0.39, 0.29) is 10.8 Å². The third-order valence-corrected chi connectivity index (χ3v) is 4.30. The van der Waals surface area contributed by atoms with Crippen LogP contribution in [-0.2, 0) is 16.6 Å². The van der Waals surface area contributed by atoms with Gasteiger partial charge in [0.1, 0.15) is 5.76 Å². The molecule has 112 valence electrons. The van der Waals surface area contributed by atoms with Gasteiger partial charge < -0.3 is 9.73 Å². The van der Waals surface area contributed by atoms with E-state index in [1.807, 2.05) is 0 Å². The SMILES string of the molecule is O=S(=O)(Nc1ccncc1F)c1ccc(CNC2CC2)o1. The van der Waals surface area contributed by atoms with E-state index in [0.29, 0.717) is 18.3 Å². The summed E-state index contributed by atoms with van der Waals surface area (Å²) >= 11 is 0. The first-order chi connectivity index (χ1) is 10.0. The minimum absolute atomic E-state index is 0.168. The van der Waals surface area contributed by atoms with Gasteiger partial charge in [0, 0.05) is 12.2 Å². The van der Waals surface area contributed by atoms with Crippen LogP contribution < -0.4 is 10.0 Å². The summed E-state index contributed by atoms with van der Waals surface area (Å²) in [6, 6.07) is 4.68. The van der Waals surface area contributed by atoms with Crippen molar-refractivity contribution in [2.45, 2.75) is 30.5 Å². The topological polar surface area (TPSA) is 84.2 Å². The molecular formula is C13H14FN3O3S. The largest absolute Gasteiger partial charge is 0.446 e. The molecule has 21 heavy (non-hydrogen) atoms. The number of nitrogens with zero attached hydrogens (tertiary/aromatic N) is 1. The van der Waals surface area contributed by atoms with Crippen molar-refractivity contribution < 1.29 is 17.2 Å². The number of hydrogen-bond donors (Lipinski definition) is 2. The van der Waals surface area contributed by atoms with Crippen molar-refractivity contribution in [2.24, 2.45) is 0 Å². The molecule has 0 spiro atoms. The Morgan fingerprint density at radius 1 is 1.33 bits per heavy atom. The first-order valence-corrected chi connectivity index (χ1v) is 7.97. The van der Waals surface area contributed by atoms with Gasteiger partial charge in [-0.05, 0) is 31.0 Å². The third kappa shape index (κ3) is 3.40. The van der Waals surface area contributed by atoms with Crippen molar-refractivity contribution in [1.82, 2.24) is 10.3 Å². The molecule has 8 heteroatoms. The standard InChI is InChI=1S/C13H14FN3O3S/c14-11-8-15-6-5-12(11)17-21(18,19)13-4-3-10(20-13)7-16-9-1-2-9/h3-6,8-9,16H,1-2,7H2,(H,15,17). The summed E-state index contributed by atoms with van der Waals surface area (Å²) in [5.41, 5.74) is -0.168. The number of hydrogen-bond acceptors (Lipinski definition) is 5. The molecule has 0 aliphatic heterocycles. The molecule has 0 radical (unpaired) electrons. The maximum Gasteiger partial charge on any atom is 0.295 e. The monoisotopic (exact) mass is 311 g/mol. The first-order valence-electron chi connectivity index (χ1n) is 6.49. The molecule has 0 aromatic carbocycles. The average molecular weight is 311 g/mol. The van der Waals surface area contributed by atoms with Crippen LogP contribution in [0.5, 0.6) is 0 Å². The molecule has 0 atom stereocenters. The summed E-state index contributed by atoms with van der Waals surface area (Å²) in [4.78, 5) is 3.56. The summed E-state index contributed by atoms with van der Waals surface area (Å²) < 4.78 is 45.1. The maximum atomic E-state index is 13.4. The van der Waals surface area contributed by atoms with Crippen LogP contribution in [0.2, 0.25) is 0 Å². The number of sulfonamides is 1. The average Bonchev–Trinajstić information content (AvgIpc) is 3.15. The molecule has 0 unspecified atom stereocenters. The second kappa shape index (κ2) is 5.45. The van der Waals surface area contributed by atoms with Crippen molar-refractivity contribution in [3.8, 4) is 0 Å². The van der Waals surface area contributed by atoms with Gasteiger partial charge in [-0.15, -0.1) is 0 Å². The van der Waals surface area contributed by atoms with Crippen LogP contribution in [0.3, 0.4) is 0 Å². The summed E-state index contributed by atoms with van der Waals surface area (Å²) in [5, 5.41) is 2.98. The highest BCUT2D eigenvalue weighted by Crippen LogP contribution is 2.22. The lowest BCUT2D eigenvalue weighted by Crippen LogP contribution is -2.15. The maximum absolute atomic E-state index is 13.4. The quantitative estimate of drug-likeness (QED) is 0.851. The minimum Gasteiger partial charge on any atom is -0.446 e. The Kier molecular flexibility index (Phi) is 3.64. The van der Waals surface area contributed by atoms with Crippen LogP contribution in [0.25, 0.3) is 0 Å². The molecule has 2 heterocycles. The molecule has 2 aromatic rings. The van der Waals surface area contributed by atoms with Gasteiger partial charge in [-0.25, -0.2) is 4.39 Å². The van der Waals surface area contributed by atoms with Crippen LogP contribution >= 0.6 is 0 Å². The van der Waals surface area contributed by atoms with E-state index in [0.717, 1.165) is 19.0 Å². The molecule has 2 N–H and O–H groups in total. The van der Waals surface area contributed by atoms with E-state index >= 15 is 0 Å². The first kappa shape index (κ1) is 14.0. The van der Waals surface area contributed by atoms with Gasteiger partial charge in [0.2, 0.25) is 5.09 Å². The molecule has 0 saturated heterocycles. The highest BCUT2D eigenvalue weighted by molar-refractivity contribution is 7.92. The Morgan fingerprint density at radius 2 is 2.14 bits per heavy atom. The molecule has 3 rings (SSSR count). The predicted molar refractivity (Wildman–Crippen MR) is 73.6 cm³/mol. The van der Waals surface area contributed by atoms with Gasteiger partial charge >= 0.3 is 0 Å². The van der Waals surface area contributed by atoms with Crippen molar-refractivity contribution in [1.29, 1.82) is 0 Å². The van der Waals surface area contributed by atoms with Gasteiger partial charge in [-0.2, -0.15) is 8.42 Å².